The van der Waals surface area contributed by atoms with Crippen LogP contribution in [0.15, 0.2) is 35.7 Å². The number of alkyl halides is 3. The van der Waals surface area contributed by atoms with Crippen LogP contribution in [0.5, 0.6) is 0 Å². The molecule has 0 atom stereocenters. The molecular formula is C12H9F3N2O2S. The number of benzene rings is 1. The molecule has 20 heavy (non-hydrogen) atoms. The molecule has 0 amide bonds. The van der Waals surface area contributed by atoms with Crippen molar-refractivity contribution in [3.8, 4) is 0 Å². The van der Waals surface area contributed by atoms with Crippen LogP contribution in [0.25, 0.3) is 0 Å². The summed E-state index contributed by atoms with van der Waals surface area (Å²) in [5.41, 5.74) is 0.228. The van der Waals surface area contributed by atoms with E-state index in [1.165, 1.54) is 18.2 Å². The van der Waals surface area contributed by atoms with Gasteiger partial charge in [0.1, 0.15) is 0 Å². The number of rotatable bonds is 4. The van der Waals surface area contributed by atoms with Crippen LogP contribution in [0.1, 0.15) is 11.1 Å². The van der Waals surface area contributed by atoms with E-state index in [4.69, 9.17) is 0 Å². The highest BCUT2D eigenvalue weighted by Gasteiger charge is 2.30. The fraction of sp³-hybridized carbons (Fsp3) is 0.167. The van der Waals surface area contributed by atoms with Gasteiger partial charge in [-0.1, -0.05) is 17.4 Å². The second-order valence-corrected chi connectivity index (χ2v) is 4.87. The van der Waals surface area contributed by atoms with Crippen LogP contribution in [-0.4, -0.2) is 4.92 Å². The maximum absolute atomic E-state index is 12.5. The zero-order valence-electron chi connectivity index (χ0n) is 9.98. The minimum absolute atomic E-state index is 0.00541. The topological polar surface area (TPSA) is 55.2 Å². The maximum atomic E-state index is 12.5. The Bertz CT molecular complexity index is 625. The van der Waals surface area contributed by atoms with Crippen molar-refractivity contribution in [2.75, 3.05) is 5.32 Å². The van der Waals surface area contributed by atoms with Crippen LogP contribution in [0.2, 0.25) is 0 Å². The first kappa shape index (κ1) is 14.3. The minimum atomic E-state index is -4.39. The van der Waals surface area contributed by atoms with Crippen molar-refractivity contribution in [3.63, 3.8) is 0 Å². The Morgan fingerprint density at radius 1 is 1.30 bits per heavy atom. The molecule has 8 heteroatoms. The van der Waals surface area contributed by atoms with Gasteiger partial charge in [-0.15, -0.1) is 0 Å². The highest BCUT2D eigenvalue weighted by Crippen LogP contribution is 2.31. The highest BCUT2D eigenvalue weighted by molar-refractivity contribution is 7.13. The van der Waals surface area contributed by atoms with E-state index in [0.717, 1.165) is 23.5 Å². The Labute approximate surface area is 116 Å². The molecule has 1 N–H and O–H groups in total. The maximum Gasteiger partial charge on any atom is 0.416 e. The molecule has 0 spiro atoms. The summed E-state index contributed by atoms with van der Waals surface area (Å²) in [6.07, 6.45) is -4.39. The van der Waals surface area contributed by atoms with E-state index in [0.29, 0.717) is 11.3 Å². The van der Waals surface area contributed by atoms with Crippen molar-refractivity contribution in [2.45, 2.75) is 12.7 Å². The van der Waals surface area contributed by atoms with E-state index in [1.807, 2.05) is 0 Å². The van der Waals surface area contributed by atoms with Gasteiger partial charge in [-0.05, 0) is 23.8 Å². The van der Waals surface area contributed by atoms with Gasteiger partial charge in [-0.3, -0.25) is 10.1 Å². The molecule has 0 saturated carbocycles. The van der Waals surface area contributed by atoms with Gasteiger partial charge in [-0.25, -0.2) is 0 Å². The molecule has 4 nitrogen and oxygen atoms in total. The molecule has 2 aromatic rings. The average molecular weight is 302 g/mol. The summed E-state index contributed by atoms with van der Waals surface area (Å²) in [6, 6.07) is 6.20. The van der Waals surface area contributed by atoms with Crippen molar-refractivity contribution in [2.24, 2.45) is 0 Å². The molecule has 0 bridgehead atoms. The Hall–Kier alpha value is -2.09. The largest absolute Gasteiger partial charge is 0.416 e. The number of hydrogen-bond acceptors (Lipinski definition) is 4. The smallest absolute Gasteiger partial charge is 0.381 e. The molecule has 106 valence electrons. The van der Waals surface area contributed by atoms with Gasteiger partial charge in [0.15, 0.2) is 0 Å². The third kappa shape index (κ3) is 3.47. The number of halogens is 3. The van der Waals surface area contributed by atoms with Crippen molar-refractivity contribution >= 4 is 22.0 Å². The first-order chi connectivity index (χ1) is 9.36. The second kappa shape index (κ2) is 5.49. The van der Waals surface area contributed by atoms with Crippen LogP contribution in [0.4, 0.5) is 23.9 Å². The minimum Gasteiger partial charge on any atom is -0.381 e. The zero-order valence-corrected chi connectivity index (χ0v) is 10.8. The summed E-state index contributed by atoms with van der Waals surface area (Å²) in [5.74, 6) is 0. The lowest BCUT2D eigenvalue weighted by Crippen LogP contribution is -2.06. The first-order valence-electron chi connectivity index (χ1n) is 5.49. The molecule has 1 heterocycles. The third-order valence-electron chi connectivity index (χ3n) is 2.51. The fourth-order valence-electron chi connectivity index (χ4n) is 1.56. The van der Waals surface area contributed by atoms with Crippen molar-refractivity contribution in [1.29, 1.82) is 0 Å². The number of nitrogens with zero attached hydrogens (tertiary/aromatic N) is 1. The molecule has 1 aromatic carbocycles. The number of anilines is 1. The van der Waals surface area contributed by atoms with Crippen LogP contribution < -0.4 is 5.32 Å². The van der Waals surface area contributed by atoms with Crippen molar-refractivity contribution < 1.29 is 18.1 Å². The Balaban J connectivity index is 2.05. The van der Waals surface area contributed by atoms with Gasteiger partial charge < -0.3 is 5.32 Å². The lowest BCUT2D eigenvalue weighted by molar-refractivity contribution is -0.380. The quantitative estimate of drug-likeness (QED) is 0.677. The number of thiophene rings is 1. The van der Waals surface area contributed by atoms with Crippen molar-refractivity contribution in [1.82, 2.24) is 0 Å². The van der Waals surface area contributed by atoms with E-state index in [1.54, 1.807) is 5.38 Å². The standard InChI is InChI=1S/C12H9F3N2O2S/c13-12(14,15)9-2-1-3-10(5-9)16-6-8-4-11(17(18)19)20-7-8/h1-5,7,16H,6H2. The van der Waals surface area contributed by atoms with Crippen LogP contribution in [0.3, 0.4) is 0 Å². The molecule has 0 aliphatic heterocycles. The van der Waals surface area contributed by atoms with E-state index < -0.39 is 16.7 Å². The van der Waals surface area contributed by atoms with E-state index in [9.17, 15) is 23.3 Å². The molecule has 0 unspecified atom stereocenters. The average Bonchev–Trinajstić information content (AvgIpc) is 2.85. The summed E-state index contributed by atoms with van der Waals surface area (Å²) in [7, 11) is 0. The summed E-state index contributed by atoms with van der Waals surface area (Å²) in [4.78, 5) is 10.0. The summed E-state index contributed by atoms with van der Waals surface area (Å²) < 4.78 is 37.6. The van der Waals surface area contributed by atoms with Crippen LogP contribution in [0, 0.1) is 10.1 Å². The monoisotopic (exact) mass is 302 g/mol. The number of hydrogen-bond donors (Lipinski definition) is 1. The summed E-state index contributed by atoms with van der Waals surface area (Å²) in [6.45, 7) is 0.228. The van der Waals surface area contributed by atoms with Gasteiger partial charge in [0, 0.05) is 23.7 Å². The molecular weight excluding hydrogens is 293 g/mol. The number of nitro groups is 1. The summed E-state index contributed by atoms with van der Waals surface area (Å²) >= 11 is 0.981. The van der Waals surface area contributed by atoms with Crippen molar-refractivity contribution in [3.05, 3.63) is 57.0 Å². The Kier molecular flexibility index (Phi) is 3.93. The Morgan fingerprint density at radius 2 is 2.05 bits per heavy atom. The van der Waals surface area contributed by atoms with E-state index in [-0.39, 0.29) is 11.5 Å². The van der Waals surface area contributed by atoms with Crippen LogP contribution in [-0.2, 0) is 12.7 Å². The van der Waals surface area contributed by atoms with Crippen LogP contribution >= 0.6 is 11.3 Å². The predicted molar refractivity (Wildman–Crippen MR) is 69.7 cm³/mol. The molecule has 0 aliphatic rings. The van der Waals surface area contributed by atoms with Gasteiger partial charge in [0.25, 0.3) is 0 Å². The zero-order chi connectivity index (χ0) is 14.8. The molecule has 0 radical (unpaired) electrons. The lowest BCUT2D eigenvalue weighted by atomic mass is 10.2. The fourth-order valence-corrected chi connectivity index (χ4v) is 2.29. The van der Waals surface area contributed by atoms with Gasteiger partial charge in [0.2, 0.25) is 0 Å². The molecule has 0 aliphatic carbocycles. The third-order valence-corrected chi connectivity index (χ3v) is 3.44. The van der Waals surface area contributed by atoms with E-state index >= 15 is 0 Å². The van der Waals surface area contributed by atoms with Gasteiger partial charge in [-0.2, -0.15) is 13.2 Å². The number of nitrogens with one attached hydrogen (secondary N) is 1. The lowest BCUT2D eigenvalue weighted by Gasteiger charge is -2.09. The van der Waals surface area contributed by atoms with E-state index in [2.05, 4.69) is 5.32 Å². The highest BCUT2D eigenvalue weighted by atomic mass is 32.1. The van der Waals surface area contributed by atoms with Gasteiger partial charge >= 0.3 is 11.2 Å². The molecule has 0 saturated heterocycles. The molecule has 0 fully saturated rings. The predicted octanol–water partition coefficient (Wildman–Crippen LogP) is 4.29. The summed E-state index contributed by atoms with van der Waals surface area (Å²) in [5, 5.41) is 14.9. The second-order valence-electron chi connectivity index (χ2n) is 3.98. The normalized spacial score (nSPS) is 11.3. The van der Waals surface area contributed by atoms with Gasteiger partial charge in [0.05, 0.1) is 10.5 Å². The molecule has 2 rings (SSSR count). The SMILES string of the molecule is O=[N+]([O-])c1cc(CNc2cccc(C(F)(F)F)c2)cs1. The molecule has 1 aromatic heterocycles. The Morgan fingerprint density at radius 3 is 2.65 bits per heavy atom. The first-order valence-corrected chi connectivity index (χ1v) is 6.37.